The van der Waals surface area contributed by atoms with Crippen molar-refractivity contribution in [2.45, 2.75) is 39.0 Å². The van der Waals surface area contributed by atoms with Gasteiger partial charge in [-0.3, -0.25) is 14.4 Å². The largest absolute Gasteiger partial charge is 0.460 e. The van der Waals surface area contributed by atoms with Crippen LogP contribution in [0.3, 0.4) is 0 Å². The molecule has 6 heteroatoms. The Bertz CT molecular complexity index is 1150. The minimum atomic E-state index is -1.23. The Kier molecular flexibility index (Phi) is 9.24. The molecule has 3 aromatic carbocycles. The van der Waals surface area contributed by atoms with E-state index in [-0.39, 0.29) is 19.1 Å². The number of hydrogen-bond donors (Lipinski definition) is 1. The zero-order valence-corrected chi connectivity index (χ0v) is 20.7. The van der Waals surface area contributed by atoms with Gasteiger partial charge in [-0.15, -0.1) is 0 Å². The Labute approximate surface area is 217 Å². The van der Waals surface area contributed by atoms with Crippen LogP contribution in [0.2, 0.25) is 0 Å². The fourth-order valence-electron chi connectivity index (χ4n) is 4.45. The van der Waals surface area contributed by atoms with E-state index in [1.807, 2.05) is 97.1 Å². The average Bonchev–Trinajstić information content (AvgIpc) is 2.96. The molecule has 1 aliphatic carbocycles. The Hall–Kier alpha value is -4.19. The van der Waals surface area contributed by atoms with Crippen molar-refractivity contribution in [3.05, 3.63) is 119 Å². The first kappa shape index (κ1) is 25.9. The number of carbonyl (C=O) groups excluding carboxylic acids is 3. The third-order valence-corrected chi connectivity index (χ3v) is 6.40. The van der Waals surface area contributed by atoms with Crippen molar-refractivity contribution in [3.63, 3.8) is 0 Å². The molecule has 0 radical (unpaired) electrons. The normalized spacial score (nSPS) is 14.9. The van der Waals surface area contributed by atoms with Crippen LogP contribution in [0.15, 0.2) is 103 Å². The number of carbonyl (C=O) groups is 3. The predicted molar refractivity (Wildman–Crippen MR) is 140 cm³/mol. The molecule has 1 aliphatic rings. The molecular weight excluding hydrogens is 466 g/mol. The third-order valence-electron chi connectivity index (χ3n) is 6.40. The van der Waals surface area contributed by atoms with Gasteiger partial charge in [-0.05, 0) is 36.0 Å². The number of hydrogen-bond acceptors (Lipinski definition) is 5. The van der Waals surface area contributed by atoms with Crippen LogP contribution >= 0.6 is 0 Å². The van der Waals surface area contributed by atoms with E-state index in [1.165, 1.54) is 0 Å². The highest BCUT2D eigenvalue weighted by Crippen LogP contribution is 2.33. The van der Waals surface area contributed by atoms with Gasteiger partial charge < -0.3 is 14.8 Å². The molecule has 0 saturated carbocycles. The van der Waals surface area contributed by atoms with E-state index in [9.17, 15) is 14.4 Å². The van der Waals surface area contributed by atoms with Crippen molar-refractivity contribution in [2.24, 2.45) is 11.8 Å². The van der Waals surface area contributed by atoms with Gasteiger partial charge in [-0.2, -0.15) is 0 Å². The summed E-state index contributed by atoms with van der Waals surface area (Å²) in [4.78, 5) is 39.9. The smallest absolute Gasteiger partial charge is 0.321 e. The van der Waals surface area contributed by atoms with Crippen molar-refractivity contribution in [1.82, 2.24) is 5.32 Å². The molecule has 4 rings (SSSR count). The molecule has 0 spiro atoms. The van der Waals surface area contributed by atoms with Gasteiger partial charge in [-0.1, -0.05) is 97.1 Å². The standard InChI is InChI=1S/C31H31NO5/c33-29(32-20-23-12-4-1-5-13-23)27-19-11-10-18-26(27)28(30(34)36-21-24-14-6-2-7-15-24)31(35)37-22-25-16-8-3-9-17-25/h1-9,12-17,19,26,28H,10-11,18,20-22H2,(H,32,33). The van der Waals surface area contributed by atoms with Gasteiger partial charge in [0.15, 0.2) is 5.92 Å². The van der Waals surface area contributed by atoms with Gasteiger partial charge in [0.05, 0.1) is 0 Å². The number of nitrogens with one attached hydrogen (secondary N) is 1. The third kappa shape index (κ3) is 7.40. The van der Waals surface area contributed by atoms with Gasteiger partial charge in [0, 0.05) is 18.0 Å². The number of allylic oxidation sites excluding steroid dienone is 1. The summed E-state index contributed by atoms with van der Waals surface area (Å²) >= 11 is 0. The van der Waals surface area contributed by atoms with Crippen molar-refractivity contribution < 1.29 is 23.9 Å². The maximum absolute atomic E-state index is 13.3. The van der Waals surface area contributed by atoms with Crippen molar-refractivity contribution in [2.75, 3.05) is 0 Å². The molecule has 1 N–H and O–H groups in total. The van der Waals surface area contributed by atoms with E-state index in [0.717, 1.165) is 23.1 Å². The van der Waals surface area contributed by atoms with Gasteiger partial charge in [0.25, 0.3) is 0 Å². The lowest BCUT2D eigenvalue weighted by Crippen LogP contribution is -2.40. The molecule has 0 aliphatic heterocycles. The quantitative estimate of drug-likeness (QED) is 0.310. The summed E-state index contributed by atoms with van der Waals surface area (Å²) in [6, 6.07) is 28.1. The summed E-state index contributed by atoms with van der Waals surface area (Å²) in [6.45, 7) is 0.424. The van der Waals surface area contributed by atoms with Crippen LogP contribution in [0.5, 0.6) is 0 Å². The Morgan fingerprint density at radius 1 is 0.730 bits per heavy atom. The van der Waals surface area contributed by atoms with Crippen LogP contribution in [0.25, 0.3) is 0 Å². The fourth-order valence-corrected chi connectivity index (χ4v) is 4.45. The highest BCUT2D eigenvalue weighted by atomic mass is 16.6. The van der Waals surface area contributed by atoms with Crippen LogP contribution < -0.4 is 5.32 Å². The van der Waals surface area contributed by atoms with E-state index in [2.05, 4.69) is 5.32 Å². The lowest BCUT2D eigenvalue weighted by molar-refractivity contribution is -0.166. The van der Waals surface area contributed by atoms with Crippen LogP contribution in [0, 0.1) is 11.8 Å². The average molecular weight is 498 g/mol. The number of ether oxygens (including phenoxy) is 2. The van der Waals surface area contributed by atoms with Crippen molar-refractivity contribution >= 4 is 17.8 Å². The minimum absolute atomic E-state index is 0.0358. The van der Waals surface area contributed by atoms with Gasteiger partial charge in [0.1, 0.15) is 13.2 Å². The summed E-state index contributed by atoms with van der Waals surface area (Å²) in [5.74, 6) is -3.52. The molecule has 1 atom stereocenters. The highest BCUT2D eigenvalue weighted by molar-refractivity contribution is 6.00. The minimum Gasteiger partial charge on any atom is -0.460 e. The second-order valence-electron chi connectivity index (χ2n) is 9.03. The Morgan fingerprint density at radius 3 is 1.73 bits per heavy atom. The molecule has 0 saturated heterocycles. The van der Waals surface area contributed by atoms with Crippen molar-refractivity contribution in [1.29, 1.82) is 0 Å². The SMILES string of the molecule is O=C(NCc1ccccc1)C1=CCCCC1C(C(=O)OCc1ccccc1)C(=O)OCc1ccccc1. The summed E-state index contributed by atoms with van der Waals surface area (Å²) in [5, 5.41) is 2.94. The molecule has 6 nitrogen and oxygen atoms in total. The molecule has 0 aromatic heterocycles. The Balaban J connectivity index is 1.51. The maximum atomic E-state index is 13.3. The molecule has 3 aromatic rings. The first-order valence-electron chi connectivity index (χ1n) is 12.5. The molecular formula is C31H31NO5. The van der Waals surface area contributed by atoms with E-state index < -0.39 is 23.8 Å². The maximum Gasteiger partial charge on any atom is 0.321 e. The molecule has 190 valence electrons. The molecule has 0 heterocycles. The first-order valence-corrected chi connectivity index (χ1v) is 12.5. The topological polar surface area (TPSA) is 81.7 Å². The highest BCUT2D eigenvalue weighted by Gasteiger charge is 2.42. The van der Waals surface area contributed by atoms with Crippen LogP contribution in [-0.4, -0.2) is 17.8 Å². The Morgan fingerprint density at radius 2 is 1.22 bits per heavy atom. The number of rotatable bonds is 10. The summed E-state index contributed by atoms with van der Waals surface area (Å²) in [5.41, 5.74) is 3.02. The first-order chi connectivity index (χ1) is 18.1. The zero-order chi connectivity index (χ0) is 25.9. The van der Waals surface area contributed by atoms with E-state index in [0.29, 0.717) is 25.0 Å². The molecule has 37 heavy (non-hydrogen) atoms. The lowest BCUT2D eigenvalue weighted by atomic mass is 9.78. The van der Waals surface area contributed by atoms with Crippen LogP contribution in [0.1, 0.15) is 36.0 Å². The molecule has 0 bridgehead atoms. The van der Waals surface area contributed by atoms with Gasteiger partial charge in [-0.25, -0.2) is 0 Å². The molecule has 1 unspecified atom stereocenters. The van der Waals surface area contributed by atoms with Crippen LogP contribution in [0.4, 0.5) is 0 Å². The second-order valence-corrected chi connectivity index (χ2v) is 9.03. The zero-order valence-electron chi connectivity index (χ0n) is 20.7. The number of esters is 2. The van der Waals surface area contributed by atoms with Gasteiger partial charge >= 0.3 is 11.9 Å². The summed E-state index contributed by atoms with van der Waals surface area (Å²) in [7, 11) is 0. The predicted octanol–water partition coefficient (Wildman–Crippen LogP) is 5.13. The summed E-state index contributed by atoms with van der Waals surface area (Å²) in [6.07, 6.45) is 3.80. The molecule has 1 amide bonds. The number of benzene rings is 3. The second kappa shape index (κ2) is 13.2. The van der Waals surface area contributed by atoms with Gasteiger partial charge in [0.2, 0.25) is 5.91 Å². The fraction of sp³-hybridized carbons (Fsp3) is 0.258. The van der Waals surface area contributed by atoms with E-state index >= 15 is 0 Å². The number of amides is 1. The van der Waals surface area contributed by atoms with Crippen LogP contribution in [-0.2, 0) is 43.6 Å². The van der Waals surface area contributed by atoms with Crippen molar-refractivity contribution in [3.8, 4) is 0 Å². The lowest BCUT2D eigenvalue weighted by Gasteiger charge is -2.29. The van der Waals surface area contributed by atoms with E-state index in [4.69, 9.17) is 9.47 Å². The molecule has 0 fully saturated rings. The monoisotopic (exact) mass is 497 g/mol. The van der Waals surface area contributed by atoms with E-state index in [1.54, 1.807) is 0 Å². The summed E-state index contributed by atoms with van der Waals surface area (Å²) < 4.78 is 11.2.